The van der Waals surface area contributed by atoms with Crippen molar-refractivity contribution in [3.63, 3.8) is 0 Å². The van der Waals surface area contributed by atoms with Gasteiger partial charge in [0.15, 0.2) is 0 Å². The zero-order valence-corrected chi connectivity index (χ0v) is 23.8. The Hall–Kier alpha value is -4.38. The third-order valence-electron chi connectivity index (χ3n) is 6.69. The predicted molar refractivity (Wildman–Crippen MR) is 152 cm³/mol. The topological polar surface area (TPSA) is 175 Å². The van der Waals surface area contributed by atoms with E-state index < -0.39 is 53.9 Å². The molecule has 0 fully saturated rings. The molecular weight excluding hydrogens is 554 g/mol. The second-order valence-corrected chi connectivity index (χ2v) is 10.5. The first kappa shape index (κ1) is 31.2. The van der Waals surface area contributed by atoms with Gasteiger partial charge >= 0.3 is 11.6 Å². The number of halogens is 1. The van der Waals surface area contributed by atoms with Crippen LogP contribution in [-0.4, -0.2) is 52.5 Å². The first-order chi connectivity index (χ1) is 19.3. The van der Waals surface area contributed by atoms with Gasteiger partial charge in [-0.05, 0) is 55.2 Å². The van der Waals surface area contributed by atoms with Gasteiger partial charge in [0.05, 0.1) is 18.5 Å². The molecule has 2 unspecified atom stereocenters. The van der Waals surface area contributed by atoms with Crippen LogP contribution in [0.2, 0.25) is 5.02 Å². The van der Waals surface area contributed by atoms with E-state index in [1.807, 2.05) is 0 Å². The third-order valence-corrected chi connectivity index (χ3v) is 6.94. The van der Waals surface area contributed by atoms with Crippen LogP contribution in [0.3, 0.4) is 0 Å². The van der Waals surface area contributed by atoms with E-state index in [1.165, 1.54) is 6.07 Å². The number of fused-ring (bicyclic) bond motifs is 1. The van der Waals surface area contributed by atoms with Crippen LogP contribution in [0.15, 0.2) is 45.6 Å². The van der Waals surface area contributed by atoms with Crippen molar-refractivity contribution < 1.29 is 33.8 Å². The summed E-state index contributed by atoms with van der Waals surface area (Å²) in [5, 5.41) is 28.0. The maximum absolute atomic E-state index is 12.9. The molecule has 3 aromatic rings. The van der Waals surface area contributed by atoms with Crippen molar-refractivity contribution in [3.8, 4) is 5.75 Å². The largest absolute Gasteiger partial charge is 0.508 e. The lowest BCUT2D eigenvalue weighted by atomic mass is 10.0. The Morgan fingerprint density at radius 3 is 2.22 bits per heavy atom. The highest BCUT2D eigenvalue weighted by molar-refractivity contribution is 6.30. The monoisotopic (exact) mass is 585 g/mol. The van der Waals surface area contributed by atoms with E-state index in [2.05, 4.69) is 16.0 Å². The molecule has 0 aliphatic rings. The molecule has 1 heterocycles. The van der Waals surface area contributed by atoms with E-state index >= 15 is 0 Å². The van der Waals surface area contributed by atoms with Crippen LogP contribution in [0.4, 0.5) is 0 Å². The lowest BCUT2D eigenvalue weighted by molar-refractivity contribution is -0.142. The Bertz CT molecular complexity index is 1530. The first-order valence-electron chi connectivity index (χ1n) is 12.9. The Morgan fingerprint density at radius 2 is 1.61 bits per heavy atom. The quantitative estimate of drug-likeness (QED) is 0.213. The summed E-state index contributed by atoms with van der Waals surface area (Å²) >= 11 is 5.87. The average molecular weight is 586 g/mol. The average Bonchev–Trinajstić information content (AvgIpc) is 2.91. The van der Waals surface area contributed by atoms with Crippen molar-refractivity contribution in [3.05, 3.63) is 74.1 Å². The van der Waals surface area contributed by atoms with Gasteiger partial charge in [0.1, 0.15) is 23.4 Å². The fourth-order valence-electron chi connectivity index (χ4n) is 4.26. The molecule has 0 bridgehead atoms. The lowest BCUT2D eigenvalue weighted by Gasteiger charge is -2.24. The minimum atomic E-state index is -1.24. The molecule has 0 aliphatic heterocycles. The molecule has 11 nitrogen and oxygen atoms in total. The Balaban J connectivity index is 1.61. The smallest absolute Gasteiger partial charge is 0.340 e. The van der Waals surface area contributed by atoms with E-state index in [0.29, 0.717) is 27.1 Å². The molecule has 41 heavy (non-hydrogen) atoms. The number of hydrogen-bond donors (Lipinski definition) is 5. The SMILES string of the molecule is Cc1c(CC(=O)NCC(=O)NC(C(=O)NC(Cc2ccc(Cl)cc2)C(=O)O)C(C)C)c(=O)oc2c(C)c(O)ccc12. The van der Waals surface area contributed by atoms with Gasteiger partial charge in [-0.1, -0.05) is 37.6 Å². The Kier molecular flexibility index (Phi) is 10.1. The number of aliphatic carboxylic acids is 1. The summed E-state index contributed by atoms with van der Waals surface area (Å²) in [5.41, 5.74) is 1.18. The summed E-state index contributed by atoms with van der Waals surface area (Å²) in [6, 6.07) is 7.29. The molecule has 0 spiro atoms. The number of phenols is 1. The number of hydrogen-bond acceptors (Lipinski definition) is 7. The van der Waals surface area contributed by atoms with Gasteiger partial charge in [-0.3, -0.25) is 14.4 Å². The van der Waals surface area contributed by atoms with Crippen molar-refractivity contribution in [2.45, 2.75) is 52.6 Å². The number of benzene rings is 2. The molecule has 5 N–H and O–H groups in total. The summed E-state index contributed by atoms with van der Waals surface area (Å²) < 4.78 is 5.34. The molecule has 1 aromatic heterocycles. The van der Waals surface area contributed by atoms with E-state index in [0.717, 1.165) is 0 Å². The van der Waals surface area contributed by atoms with Crippen LogP contribution < -0.4 is 21.6 Å². The summed E-state index contributed by atoms with van der Waals surface area (Å²) in [5.74, 6) is -3.64. The van der Waals surface area contributed by atoms with E-state index in [4.69, 9.17) is 16.0 Å². The number of carbonyl (C=O) groups excluding carboxylic acids is 3. The summed E-state index contributed by atoms with van der Waals surface area (Å²) in [6.07, 6.45) is -0.341. The Labute approximate surface area is 240 Å². The predicted octanol–water partition coefficient (Wildman–Crippen LogP) is 2.38. The molecule has 0 saturated carbocycles. The van der Waals surface area contributed by atoms with E-state index in [9.17, 15) is 34.2 Å². The van der Waals surface area contributed by atoms with Crippen LogP contribution in [-0.2, 0) is 32.0 Å². The second kappa shape index (κ2) is 13.3. The van der Waals surface area contributed by atoms with Crippen molar-refractivity contribution >= 4 is 46.3 Å². The number of aryl methyl sites for hydroxylation is 2. The van der Waals surface area contributed by atoms with Crippen molar-refractivity contribution in [1.29, 1.82) is 0 Å². The van der Waals surface area contributed by atoms with Crippen molar-refractivity contribution in [2.75, 3.05) is 6.54 Å². The molecule has 2 aromatic carbocycles. The molecule has 218 valence electrons. The first-order valence-corrected chi connectivity index (χ1v) is 13.2. The fourth-order valence-corrected chi connectivity index (χ4v) is 4.39. The van der Waals surface area contributed by atoms with Gasteiger partial charge in [-0.2, -0.15) is 0 Å². The second-order valence-electron chi connectivity index (χ2n) is 10.1. The summed E-state index contributed by atoms with van der Waals surface area (Å²) in [7, 11) is 0. The summed E-state index contributed by atoms with van der Waals surface area (Å²) in [6.45, 7) is 6.15. The standard InChI is InChI=1S/C29H32ClN3O8/c1-14(2)25(27(37)32-21(28(38)39)11-17-5-7-18(30)8-6-17)33-24(36)13-31-23(35)12-20-15(3)19-9-10-22(34)16(4)26(19)41-29(20)40/h5-10,14,21,25,34H,11-13H2,1-4H3,(H,31,35)(H,32,37)(H,33,36)(H,38,39). The van der Waals surface area contributed by atoms with Gasteiger partial charge in [0.25, 0.3) is 0 Å². The van der Waals surface area contributed by atoms with Crippen LogP contribution >= 0.6 is 11.6 Å². The zero-order chi connectivity index (χ0) is 30.4. The van der Waals surface area contributed by atoms with Crippen LogP contribution in [0.1, 0.15) is 36.1 Å². The van der Waals surface area contributed by atoms with Gasteiger partial charge < -0.3 is 30.6 Å². The van der Waals surface area contributed by atoms with Gasteiger partial charge in [-0.15, -0.1) is 0 Å². The lowest BCUT2D eigenvalue weighted by Crippen LogP contribution is -2.55. The molecule has 3 rings (SSSR count). The molecule has 0 aliphatic carbocycles. The van der Waals surface area contributed by atoms with Crippen LogP contribution in [0.25, 0.3) is 11.0 Å². The normalized spacial score (nSPS) is 12.5. The molecule has 0 radical (unpaired) electrons. The number of carbonyl (C=O) groups is 4. The fraction of sp³-hybridized carbons (Fsp3) is 0.345. The number of rotatable bonds is 11. The highest BCUT2D eigenvalue weighted by Gasteiger charge is 2.29. The van der Waals surface area contributed by atoms with Crippen LogP contribution in [0.5, 0.6) is 5.75 Å². The maximum atomic E-state index is 12.9. The molecule has 0 saturated heterocycles. The van der Waals surface area contributed by atoms with Gasteiger partial charge in [0, 0.05) is 22.4 Å². The zero-order valence-electron chi connectivity index (χ0n) is 23.0. The van der Waals surface area contributed by atoms with E-state index in [-0.39, 0.29) is 29.7 Å². The third kappa shape index (κ3) is 7.85. The highest BCUT2D eigenvalue weighted by atomic mass is 35.5. The van der Waals surface area contributed by atoms with Crippen molar-refractivity contribution in [2.24, 2.45) is 5.92 Å². The summed E-state index contributed by atoms with van der Waals surface area (Å²) in [4.78, 5) is 62.4. The minimum Gasteiger partial charge on any atom is -0.508 e. The van der Waals surface area contributed by atoms with Crippen LogP contribution in [0, 0.1) is 19.8 Å². The number of nitrogens with one attached hydrogen (secondary N) is 3. The molecule has 3 amide bonds. The minimum absolute atomic E-state index is 0.00989. The molecule has 2 atom stereocenters. The number of carboxylic acids is 1. The maximum Gasteiger partial charge on any atom is 0.340 e. The van der Waals surface area contributed by atoms with Crippen molar-refractivity contribution in [1.82, 2.24) is 16.0 Å². The molecule has 12 heteroatoms. The number of amides is 3. The number of phenolic OH excluding ortho intramolecular Hbond substituents is 1. The van der Waals surface area contributed by atoms with E-state index in [1.54, 1.807) is 58.0 Å². The number of carboxylic acid groups (broad SMARTS) is 1. The van der Waals surface area contributed by atoms with Gasteiger partial charge in [0.2, 0.25) is 17.7 Å². The van der Waals surface area contributed by atoms with Gasteiger partial charge in [-0.25, -0.2) is 9.59 Å². The number of aromatic hydroxyl groups is 1. The molecular formula is C29H32ClN3O8. The highest BCUT2D eigenvalue weighted by Crippen LogP contribution is 2.28. The Morgan fingerprint density at radius 1 is 0.951 bits per heavy atom.